The molecule has 0 saturated carbocycles. The lowest BCUT2D eigenvalue weighted by atomic mass is 10.1. The number of pyridine rings is 1. The number of H-pyrrole nitrogens is 1. The highest BCUT2D eigenvalue weighted by molar-refractivity contribution is 14.1. The summed E-state index contributed by atoms with van der Waals surface area (Å²) in [6, 6.07) is 1.50. The van der Waals surface area contributed by atoms with Gasteiger partial charge in [0.2, 0.25) is 0 Å². The van der Waals surface area contributed by atoms with E-state index in [4.69, 9.17) is 0 Å². The number of nitrogens with zero attached hydrogens (tertiary/aromatic N) is 3. The number of halogens is 2. The first-order chi connectivity index (χ1) is 8.65. The first-order valence-electron chi connectivity index (χ1n) is 5.81. The smallest absolute Gasteiger partial charge is 0.290 e. The highest BCUT2D eigenvalue weighted by Gasteiger charge is 2.22. The topological polar surface area (TPSA) is 53.9 Å². The molecule has 18 heavy (non-hydrogen) atoms. The second-order valence-electron chi connectivity index (χ2n) is 4.46. The Kier molecular flexibility index (Phi) is 3.10. The number of aromatic amines is 1. The summed E-state index contributed by atoms with van der Waals surface area (Å²) in [5.41, 5.74) is 0.820. The Bertz CT molecular complexity index is 629. The Labute approximate surface area is 116 Å². The van der Waals surface area contributed by atoms with E-state index < -0.39 is 5.82 Å². The molecule has 2 aromatic heterocycles. The summed E-state index contributed by atoms with van der Waals surface area (Å²) in [5.74, 6) is -0.415. The fourth-order valence-electron chi connectivity index (χ4n) is 2.43. The average molecular weight is 362 g/mol. The van der Waals surface area contributed by atoms with Gasteiger partial charge in [-0.25, -0.2) is 17.3 Å². The predicted octanol–water partition coefficient (Wildman–Crippen LogP) is 1.85. The summed E-state index contributed by atoms with van der Waals surface area (Å²) >= 11 is 2.28. The lowest BCUT2D eigenvalue weighted by molar-refractivity contribution is 0.307. The van der Waals surface area contributed by atoms with E-state index >= 15 is 0 Å². The van der Waals surface area contributed by atoms with Gasteiger partial charge in [0.25, 0.3) is 0 Å². The summed E-state index contributed by atoms with van der Waals surface area (Å²) in [7, 11) is 0. The van der Waals surface area contributed by atoms with E-state index in [1.54, 1.807) is 4.57 Å². The Morgan fingerprint density at radius 3 is 2.89 bits per heavy atom. The van der Waals surface area contributed by atoms with Crippen molar-refractivity contribution < 1.29 is 4.39 Å². The standard InChI is InChI=1S/C11H12FIN4O/c12-7-5-9-10(14-6-7)15-11(18)17(9)8-1-3-16(13)4-2-8/h5-6,8H,1-4H2,(H,14,15,18). The number of fused-ring (bicyclic) bond motifs is 1. The molecule has 7 heteroatoms. The van der Waals surface area contributed by atoms with Gasteiger partial charge in [-0.3, -0.25) is 9.55 Å². The molecule has 2 aromatic rings. The van der Waals surface area contributed by atoms with Gasteiger partial charge >= 0.3 is 5.69 Å². The molecule has 1 fully saturated rings. The monoisotopic (exact) mass is 362 g/mol. The van der Waals surface area contributed by atoms with Crippen LogP contribution in [0.4, 0.5) is 4.39 Å². The minimum Gasteiger partial charge on any atom is -0.290 e. The van der Waals surface area contributed by atoms with Crippen LogP contribution in [0.25, 0.3) is 11.2 Å². The van der Waals surface area contributed by atoms with Crippen LogP contribution in [0.2, 0.25) is 0 Å². The predicted molar refractivity (Wildman–Crippen MR) is 74.2 cm³/mol. The van der Waals surface area contributed by atoms with Crippen molar-refractivity contribution in [3.8, 4) is 0 Å². The fourth-order valence-corrected chi connectivity index (χ4v) is 2.99. The molecule has 1 aliphatic heterocycles. The molecule has 0 radical (unpaired) electrons. The zero-order chi connectivity index (χ0) is 12.7. The summed E-state index contributed by atoms with van der Waals surface area (Å²) in [5, 5.41) is 0. The number of aromatic nitrogens is 3. The molecule has 5 nitrogen and oxygen atoms in total. The third-order valence-corrected chi connectivity index (χ3v) is 4.28. The molecule has 0 amide bonds. The van der Waals surface area contributed by atoms with E-state index in [1.807, 2.05) is 0 Å². The molecular formula is C11H12FIN4O. The molecule has 0 atom stereocenters. The summed E-state index contributed by atoms with van der Waals surface area (Å²) < 4.78 is 17.1. The van der Waals surface area contributed by atoms with Crippen LogP contribution in [0.3, 0.4) is 0 Å². The van der Waals surface area contributed by atoms with Crippen molar-refractivity contribution in [2.45, 2.75) is 18.9 Å². The Morgan fingerprint density at radius 1 is 1.44 bits per heavy atom. The van der Waals surface area contributed by atoms with Crippen molar-refractivity contribution in [3.63, 3.8) is 0 Å². The van der Waals surface area contributed by atoms with E-state index in [1.165, 1.54) is 6.07 Å². The van der Waals surface area contributed by atoms with Gasteiger partial charge in [-0.15, -0.1) is 0 Å². The Balaban J connectivity index is 2.08. The van der Waals surface area contributed by atoms with E-state index in [-0.39, 0.29) is 11.7 Å². The lowest BCUT2D eigenvalue weighted by Crippen LogP contribution is -2.32. The number of nitrogens with one attached hydrogen (secondary N) is 1. The molecule has 0 aliphatic carbocycles. The van der Waals surface area contributed by atoms with Gasteiger partial charge in [0.15, 0.2) is 5.65 Å². The van der Waals surface area contributed by atoms with Crippen molar-refractivity contribution in [3.05, 3.63) is 28.6 Å². The van der Waals surface area contributed by atoms with Crippen LogP contribution in [0.15, 0.2) is 17.1 Å². The van der Waals surface area contributed by atoms with Crippen LogP contribution in [0.5, 0.6) is 0 Å². The molecule has 3 heterocycles. The average Bonchev–Trinajstić information content (AvgIpc) is 2.66. The number of hydrogen-bond donors (Lipinski definition) is 1. The maximum Gasteiger partial charge on any atom is 0.327 e. The zero-order valence-corrected chi connectivity index (χ0v) is 11.7. The third kappa shape index (κ3) is 2.05. The van der Waals surface area contributed by atoms with E-state index in [0.29, 0.717) is 11.2 Å². The van der Waals surface area contributed by atoms with Crippen LogP contribution in [-0.4, -0.2) is 30.7 Å². The number of imidazole rings is 1. The van der Waals surface area contributed by atoms with Gasteiger partial charge in [0.05, 0.1) is 11.7 Å². The molecular weight excluding hydrogens is 350 g/mol. The first kappa shape index (κ1) is 12.1. The van der Waals surface area contributed by atoms with Crippen LogP contribution in [-0.2, 0) is 0 Å². The van der Waals surface area contributed by atoms with Crippen molar-refractivity contribution in [1.82, 2.24) is 17.6 Å². The van der Waals surface area contributed by atoms with Gasteiger partial charge in [0.1, 0.15) is 5.82 Å². The van der Waals surface area contributed by atoms with Gasteiger partial charge in [-0.2, -0.15) is 0 Å². The molecule has 96 valence electrons. The normalized spacial score (nSPS) is 18.6. The Morgan fingerprint density at radius 2 is 2.17 bits per heavy atom. The molecule has 3 rings (SSSR count). The second kappa shape index (κ2) is 4.61. The lowest BCUT2D eigenvalue weighted by Gasteiger charge is -2.28. The highest BCUT2D eigenvalue weighted by Crippen LogP contribution is 2.25. The zero-order valence-electron chi connectivity index (χ0n) is 9.57. The van der Waals surface area contributed by atoms with E-state index in [2.05, 4.69) is 35.9 Å². The third-order valence-electron chi connectivity index (χ3n) is 3.31. The highest BCUT2D eigenvalue weighted by atomic mass is 127. The number of rotatable bonds is 1. The van der Waals surface area contributed by atoms with Gasteiger partial charge in [-0.05, 0) is 12.8 Å². The molecule has 0 unspecified atom stereocenters. The fraction of sp³-hybridized carbons (Fsp3) is 0.455. The summed E-state index contributed by atoms with van der Waals surface area (Å²) in [4.78, 5) is 18.5. The van der Waals surface area contributed by atoms with Gasteiger partial charge in [-0.1, -0.05) is 0 Å². The van der Waals surface area contributed by atoms with Crippen LogP contribution < -0.4 is 5.69 Å². The maximum atomic E-state index is 13.3. The first-order valence-corrected chi connectivity index (χ1v) is 6.78. The molecule has 0 bridgehead atoms. The molecule has 1 aliphatic rings. The molecule has 0 aromatic carbocycles. The summed E-state index contributed by atoms with van der Waals surface area (Å²) in [6.45, 7) is 1.88. The van der Waals surface area contributed by atoms with Gasteiger partial charge < -0.3 is 0 Å². The minimum atomic E-state index is -0.415. The van der Waals surface area contributed by atoms with Crippen LogP contribution >= 0.6 is 22.9 Å². The molecule has 1 N–H and O–H groups in total. The van der Waals surface area contributed by atoms with Crippen molar-refractivity contribution in [1.29, 1.82) is 0 Å². The summed E-state index contributed by atoms with van der Waals surface area (Å²) in [6.07, 6.45) is 2.91. The van der Waals surface area contributed by atoms with Crippen LogP contribution in [0, 0.1) is 5.82 Å². The van der Waals surface area contributed by atoms with Gasteiger partial charge in [0, 0.05) is 48.1 Å². The second-order valence-corrected chi connectivity index (χ2v) is 5.83. The van der Waals surface area contributed by atoms with Crippen molar-refractivity contribution >= 4 is 34.0 Å². The largest absolute Gasteiger partial charge is 0.327 e. The number of piperidine rings is 1. The van der Waals surface area contributed by atoms with Crippen molar-refractivity contribution in [2.24, 2.45) is 0 Å². The number of hydrogen-bond acceptors (Lipinski definition) is 3. The maximum absolute atomic E-state index is 13.3. The SMILES string of the molecule is O=c1[nH]c2ncc(F)cc2n1C1CCN(I)CC1. The van der Waals surface area contributed by atoms with E-state index in [9.17, 15) is 9.18 Å². The molecule has 0 spiro atoms. The molecule has 1 saturated heterocycles. The van der Waals surface area contributed by atoms with Crippen molar-refractivity contribution in [2.75, 3.05) is 13.1 Å². The Hall–Kier alpha value is -0.960. The van der Waals surface area contributed by atoms with E-state index in [0.717, 1.165) is 32.1 Å². The quantitative estimate of drug-likeness (QED) is 0.623. The minimum absolute atomic E-state index is 0.126. The van der Waals surface area contributed by atoms with Crippen LogP contribution in [0.1, 0.15) is 18.9 Å².